The second-order valence-corrected chi connectivity index (χ2v) is 4.64. The minimum absolute atomic E-state index is 0.334. The number of carbonyl (C=O) groups is 1. The molecular formula is C12H25N3O. The van der Waals surface area contributed by atoms with E-state index in [0.717, 1.165) is 58.4 Å². The fourth-order valence-electron chi connectivity index (χ4n) is 1.99. The molecule has 94 valence electrons. The summed E-state index contributed by atoms with van der Waals surface area (Å²) in [5, 5.41) is 0. The number of rotatable bonds is 6. The third kappa shape index (κ3) is 4.94. The van der Waals surface area contributed by atoms with Crippen LogP contribution in [0.1, 0.15) is 32.1 Å². The Hall–Kier alpha value is -0.610. The summed E-state index contributed by atoms with van der Waals surface area (Å²) in [5.74, 6) is 0.334. The normalized spacial score (nSPS) is 17.8. The van der Waals surface area contributed by atoms with Gasteiger partial charge in [-0.1, -0.05) is 12.8 Å². The van der Waals surface area contributed by atoms with Crippen molar-refractivity contribution in [1.82, 2.24) is 9.80 Å². The van der Waals surface area contributed by atoms with Crippen LogP contribution in [-0.4, -0.2) is 55.5 Å². The van der Waals surface area contributed by atoms with E-state index in [1.54, 1.807) is 0 Å². The Morgan fingerprint density at radius 2 is 1.69 bits per heavy atom. The van der Waals surface area contributed by atoms with E-state index in [0.29, 0.717) is 12.3 Å². The monoisotopic (exact) mass is 227 g/mol. The lowest BCUT2D eigenvalue weighted by Crippen LogP contribution is -2.47. The summed E-state index contributed by atoms with van der Waals surface area (Å²) in [6.45, 7) is 4.60. The van der Waals surface area contributed by atoms with Gasteiger partial charge in [0, 0.05) is 32.6 Å². The lowest BCUT2D eigenvalue weighted by Gasteiger charge is -2.32. The van der Waals surface area contributed by atoms with Gasteiger partial charge in [0.25, 0.3) is 0 Å². The first-order chi connectivity index (χ1) is 7.74. The van der Waals surface area contributed by atoms with Crippen LogP contribution in [0.2, 0.25) is 0 Å². The second-order valence-electron chi connectivity index (χ2n) is 4.64. The molecule has 0 aromatic heterocycles. The highest BCUT2D eigenvalue weighted by Gasteiger charge is 2.17. The molecule has 0 radical (unpaired) electrons. The van der Waals surface area contributed by atoms with Crippen LogP contribution in [0, 0.1) is 0 Å². The number of hydrogen-bond donors (Lipinski definition) is 1. The second kappa shape index (κ2) is 7.63. The highest BCUT2D eigenvalue weighted by Crippen LogP contribution is 2.07. The van der Waals surface area contributed by atoms with Crippen molar-refractivity contribution in [3.8, 4) is 0 Å². The quantitative estimate of drug-likeness (QED) is 0.679. The Morgan fingerprint density at radius 3 is 2.31 bits per heavy atom. The number of piperazine rings is 1. The van der Waals surface area contributed by atoms with E-state index < -0.39 is 0 Å². The van der Waals surface area contributed by atoms with E-state index in [9.17, 15) is 4.79 Å². The largest absolute Gasteiger partial charge is 0.340 e. The zero-order chi connectivity index (χ0) is 11.8. The van der Waals surface area contributed by atoms with Crippen molar-refractivity contribution in [2.75, 3.05) is 39.8 Å². The Bertz CT molecular complexity index is 200. The number of amides is 1. The smallest absolute Gasteiger partial charge is 0.222 e. The molecule has 1 rings (SSSR count). The molecule has 1 aliphatic rings. The Kier molecular flexibility index (Phi) is 6.42. The molecule has 0 aliphatic carbocycles. The van der Waals surface area contributed by atoms with Crippen LogP contribution in [0.15, 0.2) is 0 Å². The summed E-state index contributed by atoms with van der Waals surface area (Å²) in [6, 6.07) is 0. The highest BCUT2D eigenvalue weighted by atomic mass is 16.2. The van der Waals surface area contributed by atoms with Crippen LogP contribution >= 0.6 is 0 Å². The number of nitrogens with zero attached hydrogens (tertiary/aromatic N) is 2. The Morgan fingerprint density at radius 1 is 1.06 bits per heavy atom. The van der Waals surface area contributed by atoms with Gasteiger partial charge in [-0.15, -0.1) is 0 Å². The number of likely N-dealkylation sites (N-methyl/N-ethyl adjacent to an activating group) is 1. The molecule has 0 atom stereocenters. The Balaban J connectivity index is 2.06. The molecule has 1 heterocycles. The lowest BCUT2D eigenvalue weighted by atomic mass is 10.1. The molecule has 4 nitrogen and oxygen atoms in total. The van der Waals surface area contributed by atoms with Gasteiger partial charge in [0.15, 0.2) is 0 Å². The minimum Gasteiger partial charge on any atom is -0.340 e. The molecule has 1 amide bonds. The fourth-order valence-corrected chi connectivity index (χ4v) is 1.99. The van der Waals surface area contributed by atoms with Crippen molar-refractivity contribution >= 4 is 5.91 Å². The fraction of sp³-hybridized carbons (Fsp3) is 0.917. The van der Waals surface area contributed by atoms with Crippen molar-refractivity contribution in [3.05, 3.63) is 0 Å². The van der Waals surface area contributed by atoms with Gasteiger partial charge in [0.1, 0.15) is 0 Å². The number of hydrogen-bond acceptors (Lipinski definition) is 3. The first-order valence-electron chi connectivity index (χ1n) is 6.40. The molecule has 1 aliphatic heterocycles. The van der Waals surface area contributed by atoms with Gasteiger partial charge in [0.05, 0.1) is 0 Å². The molecule has 0 spiro atoms. The summed E-state index contributed by atoms with van der Waals surface area (Å²) < 4.78 is 0. The van der Waals surface area contributed by atoms with Gasteiger partial charge in [-0.05, 0) is 26.4 Å². The van der Waals surface area contributed by atoms with Crippen LogP contribution in [0.4, 0.5) is 0 Å². The molecule has 1 saturated heterocycles. The maximum absolute atomic E-state index is 11.8. The molecule has 0 aromatic carbocycles. The standard InChI is InChI=1S/C12H25N3O/c1-14-8-10-15(11-9-14)12(16)6-4-2-3-5-7-13/h2-11,13H2,1H3. The molecule has 0 bridgehead atoms. The summed E-state index contributed by atoms with van der Waals surface area (Å²) in [4.78, 5) is 16.1. The van der Waals surface area contributed by atoms with Gasteiger partial charge in [-0.25, -0.2) is 0 Å². The average Bonchev–Trinajstić information content (AvgIpc) is 2.29. The molecule has 0 saturated carbocycles. The first-order valence-corrected chi connectivity index (χ1v) is 6.40. The van der Waals surface area contributed by atoms with Crippen LogP contribution in [-0.2, 0) is 4.79 Å². The van der Waals surface area contributed by atoms with Crippen molar-refractivity contribution in [3.63, 3.8) is 0 Å². The summed E-state index contributed by atoms with van der Waals surface area (Å²) >= 11 is 0. The van der Waals surface area contributed by atoms with Gasteiger partial charge < -0.3 is 15.5 Å². The minimum atomic E-state index is 0.334. The zero-order valence-corrected chi connectivity index (χ0v) is 10.5. The lowest BCUT2D eigenvalue weighted by molar-refractivity contribution is -0.132. The van der Waals surface area contributed by atoms with Crippen molar-refractivity contribution in [1.29, 1.82) is 0 Å². The molecule has 0 unspecified atom stereocenters. The predicted molar refractivity (Wildman–Crippen MR) is 66.2 cm³/mol. The van der Waals surface area contributed by atoms with E-state index in [1.807, 2.05) is 4.90 Å². The van der Waals surface area contributed by atoms with Crippen LogP contribution in [0.3, 0.4) is 0 Å². The molecular weight excluding hydrogens is 202 g/mol. The van der Waals surface area contributed by atoms with Crippen LogP contribution in [0.25, 0.3) is 0 Å². The number of unbranched alkanes of at least 4 members (excludes halogenated alkanes) is 3. The zero-order valence-electron chi connectivity index (χ0n) is 10.5. The van der Waals surface area contributed by atoms with Gasteiger partial charge >= 0.3 is 0 Å². The molecule has 2 N–H and O–H groups in total. The Labute approximate surface area is 98.8 Å². The SMILES string of the molecule is CN1CCN(C(=O)CCCCCCN)CC1. The maximum atomic E-state index is 11.8. The van der Waals surface area contributed by atoms with Gasteiger partial charge in [-0.3, -0.25) is 4.79 Å². The van der Waals surface area contributed by atoms with E-state index in [1.165, 1.54) is 0 Å². The molecule has 4 heteroatoms. The van der Waals surface area contributed by atoms with E-state index in [-0.39, 0.29) is 0 Å². The van der Waals surface area contributed by atoms with Crippen LogP contribution < -0.4 is 5.73 Å². The summed E-state index contributed by atoms with van der Waals surface area (Å²) in [6.07, 6.45) is 5.12. The topological polar surface area (TPSA) is 49.6 Å². The van der Waals surface area contributed by atoms with Crippen LogP contribution in [0.5, 0.6) is 0 Å². The van der Waals surface area contributed by atoms with Gasteiger partial charge in [0.2, 0.25) is 5.91 Å². The molecule has 0 aromatic rings. The first kappa shape index (κ1) is 13.5. The highest BCUT2D eigenvalue weighted by molar-refractivity contribution is 5.76. The van der Waals surface area contributed by atoms with Crippen molar-refractivity contribution in [2.24, 2.45) is 5.73 Å². The third-order valence-corrected chi connectivity index (χ3v) is 3.20. The van der Waals surface area contributed by atoms with E-state index >= 15 is 0 Å². The third-order valence-electron chi connectivity index (χ3n) is 3.20. The van der Waals surface area contributed by atoms with E-state index in [2.05, 4.69) is 11.9 Å². The van der Waals surface area contributed by atoms with Crippen molar-refractivity contribution in [2.45, 2.75) is 32.1 Å². The number of nitrogens with two attached hydrogens (primary N) is 1. The predicted octanol–water partition coefficient (Wildman–Crippen LogP) is 0.670. The van der Waals surface area contributed by atoms with Crippen molar-refractivity contribution < 1.29 is 4.79 Å². The molecule has 1 fully saturated rings. The number of carbonyl (C=O) groups excluding carboxylic acids is 1. The summed E-state index contributed by atoms with van der Waals surface area (Å²) in [7, 11) is 2.11. The van der Waals surface area contributed by atoms with Gasteiger partial charge in [-0.2, -0.15) is 0 Å². The van der Waals surface area contributed by atoms with E-state index in [4.69, 9.17) is 5.73 Å². The summed E-state index contributed by atoms with van der Waals surface area (Å²) in [5.41, 5.74) is 5.42. The molecule has 16 heavy (non-hydrogen) atoms. The maximum Gasteiger partial charge on any atom is 0.222 e. The average molecular weight is 227 g/mol.